The molecule has 0 spiro atoms. The first-order valence-electron chi connectivity index (χ1n) is 4.56. The van der Waals surface area contributed by atoms with Crippen LogP contribution in [0.15, 0.2) is 0 Å². The van der Waals surface area contributed by atoms with Crippen LogP contribution in [-0.4, -0.2) is 24.9 Å². The van der Waals surface area contributed by atoms with E-state index >= 15 is 0 Å². The van der Waals surface area contributed by atoms with E-state index in [1.54, 1.807) is 0 Å². The number of hydrogen-bond donors (Lipinski definition) is 2. The highest BCUT2D eigenvalue weighted by Crippen LogP contribution is 1.89. The quantitative estimate of drug-likeness (QED) is 0.606. The van der Waals surface area contributed by atoms with Gasteiger partial charge in [0.2, 0.25) is 11.8 Å². The maximum atomic E-state index is 11.0. The van der Waals surface area contributed by atoms with Gasteiger partial charge in [0.1, 0.15) is 0 Å². The van der Waals surface area contributed by atoms with Gasteiger partial charge in [-0.2, -0.15) is 0 Å². The molecule has 13 heavy (non-hydrogen) atoms. The molecule has 0 aliphatic heterocycles. The minimum Gasteiger partial charge on any atom is -0.356 e. The van der Waals surface area contributed by atoms with E-state index in [-0.39, 0.29) is 17.7 Å². The molecule has 0 unspecified atom stereocenters. The van der Waals surface area contributed by atoms with Crippen LogP contribution in [0, 0.1) is 5.92 Å². The summed E-state index contributed by atoms with van der Waals surface area (Å²) in [4.78, 5) is 21.5. The summed E-state index contributed by atoms with van der Waals surface area (Å²) >= 11 is 0. The lowest BCUT2D eigenvalue weighted by Gasteiger charge is -2.07. The molecule has 76 valence electrons. The third-order valence-corrected chi connectivity index (χ3v) is 1.55. The normalized spacial score (nSPS) is 9.85. The molecule has 0 saturated heterocycles. The molecule has 2 N–H and O–H groups in total. The van der Waals surface area contributed by atoms with Gasteiger partial charge in [0.25, 0.3) is 0 Å². The number of amides is 2. The van der Waals surface area contributed by atoms with Crippen molar-refractivity contribution in [3.05, 3.63) is 0 Å². The number of hydrogen-bond acceptors (Lipinski definition) is 2. The number of rotatable bonds is 5. The first-order valence-corrected chi connectivity index (χ1v) is 4.56. The van der Waals surface area contributed by atoms with Crippen molar-refractivity contribution in [2.24, 2.45) is 5.92 Å². The monoisotopic (exact) mass is 186 g/mol. The molecule has 0 heterocycles. The molecule has 0 atom stereocenters. The first-order chi connectivity index (χ1) is 6.04. The van der Waals surface area contributed by atoms with Crippen molar-refractivity contribution in [1.29, 1.82) is 0 Å². The second-order valence-electron chi connectivity index (χ2n) is 3.28. The topological polar surface area (TPSA) is 58.2 Å². The lowest BCUT2D eigenvalue weighted by atomic mass is 10.2. The molecule has 0 rings (SSSR count). The summed E-state index contributed by atoms with van der Waals surface area (Å²) < 4.78 is 0. The van der Waals surface area contributed by atoms with Gasteiger partial charge in [-0.3, -0.25) is 9.59 Å². The zero-order valence-electron chi connectivity index (χ0n) is 8.52. The Morgan fingerprint density at radius 3 is 2.15 bits per heavy atom. The predicted molar refractivity (Wildman–Crippen MR) is 51.1 cm³/mol. The van der Waals surface area contributed by atoms with Gasteiger partial charge >= 0.3 is 0 Å². The molecule has 4 nitrogen and oxygen atoms in total. The Balaban J connectivity index is 3.26. The summed E-state index contributed by atoms with van der Waals surface area (Å²) in [6.45, 7) is 6.42. The molecule has 0 aliphatic carbocycles. The summed E-state index contributed by atoms with van der Waals surface area (Å²) in [5.74, 6) is 0.0544. The molecule has 0 saturated carbocycles. The van der Waals surface area contributed by atoms with Crippen molar-refractivity contribution in [2.45, 2.75) is 27.2 Å². The van der Waals surface area contributed by atoms with Crippen LogP contribution < -0.4 is 10.6 Å². The fraction of sp³-hybridized carbons (Fsp3) is 0.778. The van der Waals surface area contributed by atoms with Gasteiger partial charge in [-0.25, -0.2) is 0 Å². The maximum Gasteiger partial charge on any atom is 0.222 e. The molecule has 4 heteroatoms. The highest BCUT2D eigenvalue weighted by molar-refractivity contribution is 5.77. The van der Waals surface area contributed by atoms with Gasteiger partial charge in [0, 0.05) is 25.9 Å². The van der Waals surface area contributed by atoms with Crippen molar-refractivity contribution >= 4 is 11.8 Å². The van der Waals surface area contributed by atoms with E-state index in [1.807, 2.05) is 13.8 Å². The van der Waals surface area contributed by atoms with Crippen molar-refractivity contribution in [3.63, 3.8) is 0 Å². The summed E-state index contributed by atoms with van der Waals surface area (Å²) in [5, 5.41) is 5.42. The molecule has 0 aliphatic rings. The SMILES string of the molecule is CC(=O)NCCCNC(=O)C(C)C. The van der Waals surface area contributed by atoms with E-state index in [9.17, 15) is 9.59 Å². The average molecular weight is 186 g/mol. The van der Waals surface area contributed by atoms with Crippen LogP contribution in [0.5, 0.6) is 0 Å². The van der Waals surface area contributed by atoms with E-state index in [0.717, 1.165) is 6.42 Å². The van der Waals surface area contributed by atoms with E-state index in [1.165, 1.54) is 6.92 Å². The highest BCUT2D eigenvalue weighted by atomic mass is 16.2. The number of carbonyl (C=O) groups excluding carboxylic acids is 2. The summed E-state index contributed by atoms with van der Waals surface area (Å²) in [6, 6.07) is 0. The van der Waals surface area contributed by atoms with E-state index < -0.39 is 0 Å². The Morgan fingerprint density at radius 1 is 1.15 bits per heavy atom. The fourth-order valence-electron chi connectivity index (χ4n) is 0.769. The van der Waals surface area contributed by atoms with Crippen molar-refractivity contribution in [2.75, 3.05) is 13.1 Å². The van der Waals surface area contributed by atoms with E-state index in [0.29, 0.717) is 13.1 Å². The minimum absolute atomic E-state index is 0.0285. The average Bonchev–Trinajstić information content (AvgIpc) is 2.02. The zero-order valence-corrected chi connectivity index (χ0v) is 8.52. The largest absolute Gasteiger partial charge is 0.356 e. The third-order valence-electron chi connectivity index (χ3n) is 1.55. The minimum atomic E-state index is -0.0322. The molecule has 0 aromatic heterocycles. The lowest BCUT2D eigenvalue weighted by molar-refractivity contribution is -0.123. The molecular formula is C9H18N2O2. The third kappa shape index (κ3) is 7.31. The van der Waals surface area contributed by atoms with Gasteiger partial charge in [0.05, 0.1) is 0 Å². The standard InChI is InChI=1S/C9H18N2O2/c1-7(2)9(13)11-6-4-5-10-8(3)12/h7H,4-6H2,1-3H3,(H,10,12)(H,11,13). The molecule has 0 aromatic rings. The van der Waals surface area contributed by atoms with Crippen LogP contribution in [-0.2, 0) is 9.59 Å². The molecule has 2 amide bonds. The second-order valence-corrected chi connectivity index (χ2v) is 3.28. The van der Waals surface area contributed by atoms with E-state index in [4.69, 9.17) is 0 Å². The van der Waals surface area contributed by atoms with Gasteiger partial charge in [-0.15, -0.1) is 0 Å². The lowest BCUT2D eigenvalue weighted by Crippen LogP contribution is -2.31. The van der Waals surface area contributed by atoms with Gasteiger partial charge in [0.15, 0.2) is 0 Å². The summed E-state index contributed by atoms with van der Waals surface area (Å²) in [6.07, 6.45) is 0.776. The maximum absolute atomic E-state index is 11.0. The smallest absolute Gasteiger partial charge is 0.222 e. The summed E-state index contributed by atoms with van der Waals surface area (Å²) in [7, 11) is 0. The Labute approximate surface area is 79.1 Å². The Hall–Kier alpha value is -1.06. The number of nitrogens with one attached hydrogen (secondary N) is 2. The van der Waals surface area contributed by atoms with Gasteiger partial charge < -0.3 is 10.6 Å². The Kier molecular flexibility index (Phi) is 5.93. The van der Waals surface area contributed by atoms with Crippen LogP contribution in [0.25, 0.3) is 0 Å². The molecule has 0 fully saturated rings. The zero-order chi connectivity index (χ0) is 10.3. The van der Waals surface area contributed by atoms with Gasteiger partial charge in [-0.1, -0.05) is 13.8 Å². The fourth-order valence-corrected chi connectivity index (χ4v) is 0.769. The molecular weight excluding hydrogens is 168 g/mol. The van der Waals surface area contributed by atoms with E-state index in [2.05, 4.69) is 10.6 Å². The second kappa shape index (κ2) is 6.46. The molecule has 0 radical (unpaired) electrons. The highest BCUT2D eigenvalue weighted by Gasteiger charge is 2.04. The Morgan fingerprint density at radius 2 is 1.69 bits per heavy atom. The van der Waals surface area contributed by atoms with Crippen LogP contribution in [0.3, 0.4) is 0 Å². The predicted octanol–water partition coefficient (Wildman–Crippen LogP) is 0.285. The van der Waals surface area contributed by atoms with Crippen LogP contribution >= 0.6 is 0 Å². The van der Waals surface area contributed by atoms with Crippen LogP contribution in [0.2, 0.25) is 0 Å². The number of carbonyl (C=O) groups is 2. The van der Waals surface area contributed by atoms with Crippen molar-refractivity contribution in [1.82, 2.24) is 10.6 Å². The van der Waals surface area contributed by atoms with Crippen LogP contribution in [0.4, 0.5) is 0 Å². The Bertz CT molecular complexity index is 178. The van der Waals surface area contributed by atoms with Crippen molar-refractivity contribution < 1.29 is 9.59 Å². The molecule has 0 aromatic carbocycles. The summed E-state index contributed by atoms with van der Waals surface area (Å²) in [5.41, 5.74) is 0. The first kappa shape index (κ1) is 11.9. The van der Waals surface area contributed by atoms with Crippen molar-refractivity contribution in [3.8, 4) is 0 Å². The van der Waals surface area contributed by atoms with Crippen LogP contribution in [0.1, 0.15) is 27.2 Å². The molecule has 0 bridgehead atoms. The van der Waals surface area contributed by atoms with Gasteiger partial charge in [-0.05, 0) is 6.42 Å².